The first-order valence-electron chi connectivity index (χ1n) is 8.68. The second kappa shape index (κ2) is 7.52. The van der Waals surface area contributed by atoms with Crippen LogP contribution in [0.4, 0.5) is 0 Å². The van der Waals surface area contributed by atoms with Crippen LogP contribution in [0.1, 0.15) is 44.4 Å². The Kier molecular flexibility index (Phi) is 5.38. The molecule has 0 spiro atoms. The third kappa shape index (κ3) is 4.57. The highest BCUT2D eigenvalue weighted by Gasteiger charge is 2.34. The summed E-state index contributed by atoms with van der Waals surface area (Å²) >= 11 is 1.66. The highest BCUT2D eigenvalue weighted by atomic mass is 32.2. The quantitative estimate of drug-likeness (QED) is 0.843. The van der Waals surface area contributed by atoms with Gasteiger partial charge in [0.15, 0.2) is 0 Å². The maximum atomic E-state index is 12.7. The average Bonchev–Trinajstić information content (AvgIpc) is 2.59. The SMILES string of the molecule is C[C@@H](SCc1ccccc1)C(=O)N[C@@H]1CC(C)(C)Oc2ccccc21. The van der Waals surface area contributed by atoms with E-state index in [2.05, 4.69) is 31.3 Å². The van der Waals surface area contributed by atoms with Crippen LogP contribution in [0.2, 0.25) is 0 Å². The number of carbonyl (C=O) groups excluding carboxylic acids is 1. The van der Waals surface area contributed by atoms with Gasteiger partial charge in [0.2, 0.25) is 5.91 Å². The number of benzene rings is 2. The molecule has 0 unspecified atom stereocenters. The first-order valence-corrected chi connectivity index (χ1v) is 9.73. The van der Waals surface area contributed by atoms with Crippen molar-refractivity contribution in [1.29, 1.82) is 0 Å². The molecule has 1 aliphatic rings. The Morgan fingerprint density at radius 2 is 1.88 bits per heavy atom. The Bertz CT molecular complexity index is 730. The minimum atomic E-state index is -0.285. The van der Waals surface area contributed by atoms with E-state index in [4.69, 9.17) is 4.74 Å². The van der Waals surface area contributed by atoms with E-state index in [1.807, 2.05) is 49.4 Å². The molecule has 0 aliphatic carbocycles. The molecule has 3 nitrogen and oxygen atoms in total. The van der Waals surface area contributed by atoms with E-state index in [0.717, 1.165) is 23.5 Å². The molecule has 0 saturated heterocycles. The molecule has 2 aromatic carbocycles. The van der Waals surface area contributed by atoms with Crippen LogP contribution >= 0.6 is 11.8 Å². The molecular weight excluding hydrogens is 330 g/mol. The van der Waals surface area contributed by atoms with Crippen molar-refractivity contribution < 1.29 is 9.53 Å². The number of thioether (sulfide) groups is 1. The van der Waals surface area contributed by atoms with Crippen LogP contribution in [-0.4, -0.2) is 16.8 Å². The van der Waals surface area contributed by atoms with E-state index in [9.17, 15) is 4.79 Å². The Hall–Kier alpha value is -1.94. The molecule has 0 bridgehead atoms. The lowest BCUT2D eigenvalue weighted by atomic mass is 9.89. The third-order valence-electron chi connectivity index (χ3n) is 4.40. The van der Waals surface area contributed by atoms with E-state index in [1.54, 1.807) is 11.8 Å². The van der Waals surface area contributed by atoms with Crippen molar-refractivity contribution in [2.45, 2.75) is 49.8 Å². The normalized spacial score (nSPS) is 19.4. The number of fused-ring (bicyclic) bond motifs is 1. The van der Waals surface area contributed by atoms with Gasteiger partial charge >= 0.3 is 0 Å². The van der Waals surface area contributed by atoms with Crippen molar-refractivity contribution >= 4 is 17.7 Å². The van der Waals surface area contributed by atoms with Gasteiger partial charge in [-0.1, -0.05) is 48.5 Å². The summed E-state index contributed by atoms with van der Waals surface area (Å²) in [5.41, 5.74) is 2.02. The fourth-order valence-corrected chi connectivity index (χ4v) is 3.95. The van der Waals surface area contributed by atoms with Crippen molar-refractivity contribution in [3.05, 3.63) is 65.7 Å². The van der Waals surface area contributed by atoms with Crippen molar-refractivity contribution in [2.75, 3.05) is 0 Å². The minimum absolute atomic E-state index is 0.00720. The fourth-order valence-electron chi connectivity index (χ4n) is 3.09. The zero-order chi connectivity index (χ0) is 17.9. The second-order valence-corrected chi connectivity index (χ2v) is 8.43. The van der Waals surface area contributed by atoms with Crippen LogP contribution in [0.3, 0.4) is 0 Å². The molecule has 1 aliphatic heterocycles. The van der Waals surface area contributed by atoms with E-state index in [0.29, 0.717) is 0 Å². The Balaban J connectivity index is 1.64. The standard InChI is InChI=1S/C21H25NO2S/c1-15(25-14-16-9-5-4-6-10-16)20(23)22-18-13-21(2,3)24-19-12-8-7-11-17(18)19/h4-12,15,18H,13-14H2,1-3H3,(H,22,23)/t15-,18-/m1/s1. The Morgan fingerprint density at radius 1 is 1.20 bits per heavy atom. The van der Waals surface area contributed by atoms with Gasteiger partial charge in [-0.3, -0.25) is 4.79 Å². The Morgan fingerprint density at radius 3 is 2.64 bits per heavy atom. The predicted octanol–water partition coefficient (Wildman–Crippen LogP) is 4.73. The van der Waals surface area contributed by atoms with Crippen molar-refractivity contribution in [3.63, 3.8) is 0 Å². The molecule has 2 aromatic rings. The maximum Gasteiger partial charge on any atom is 0.233 e. The largest absolute Gasteiger partial charge is 0.487 e. The van der Waals surface area contributed by atoms with Gasteiger partial charge in [-0.15, -0.1) is 11.8 Å². The maximum absolute atomic E-state index is 12.7. The van der Waals surface area contributed by atoms with Crippen LogP contribution in [0, 0.1) is 0 Å². The van der Waals surface area contributed by atoms with Crippen LogP contribution in [-0.2, 0) is 10.5 Å². The number of carbonyl (C=O) groups is 1. The van der Waals surface area contributed by atoms with E-state index >= 15 is 0 Å². The van der Waals surface area contributed by atoms with Crippen LogP contribution in [0.25, 0.3) is 0 Å². The van der Waals surface area contributed by atoms with Gasteiger partial charge in [-0.25, -0.2) is 0 Å². The van der Waals surface area contributed by atoms with Gasteiger partial charge < -0.3 is 10.1 Å². The van der Waals surface area contributed by atoms with Crippen LogP contribution in [0.5, 0.6) is 5.75 Å². The highest BCUT2D eigenvalue weighted by molar-refractivity contribution is 7.99. The van der Waals surface area contributed by atoms with Crippen molar-refractivity contribution in [3.8, 4) is 5.75 Å². The first-order chi connectivity index (χ1) is 11.9. The zero-order valence-electron chi connectivity index (χ0n) is 15.0. The summed E-state index contributed by atoms with van der Waals surface area (Å²) in [5, 5.41) is 3.13. The summed E-state index contributed by atoms with van der Waals surface area (Å²) < 4.78 is 6.04. The number of hydrogen-bond acceptors (Lipinski definition) is 3. The topological polar surface area (TPSA) is 38.3 Å². The second-order valence-electron chi connectivity index (χ2n) is 7.10. The summed E-state index contributed by atoms with van der Waals surface area (Å²) in [6.07, 6.45) is 0.770. The molecule has 1 amide bonds. The van der Waals surface area contributed by atoms with Gasteiger partial charge in [-0.2, -0.15) is 0 Å². The van der Waals surface area contributed by atoms with E-state index in [-0.39, 0.29) is 22.8 Å². The molecule has 0 saturated carbocycles. The first kappa shape index (κ1) is 17.9. The summed E-state index contributed by atoms with van der Waals surface area (Å²) in [4.78, 5) is 12.7. The molecule has 1 N–H and O–H groups in total. The minimum Gasteiger partial charge on any atom is -0.487 e. The number of para-hydroxylation sites is 1. The molecule has 1 heterocycles. The monoisotopic (exact) mass is 355 g/mol. The molecule has 4 heteroatoms. The summed E-state index contributed by atoms with van der Waals surface area (Å²) in [5.74, 6) is 1.79. The molecule has 0 fully saturated rings. The fraction of sp³-hybridized carbons (Fsp3) is 0.381. The van der Waals surface area contributed by atoms with E-state index < -0.39 is 0 Å². The number of amides is 1. The van der Waals surface area contributed by atoms with E-state index in [1.165, 1.54) is 5.56 Å². The summed E-state index contributed by atoms with van der Waals surface area (Å²) in [6, 6.07) is 18.2. The lowest BCUT2D eigenvalue weighted by molar-refractivity contribution is -0.121. The highest BCUT2D eigenvalue weighted by Crippen LogP contribution is 2.39. The summed E-state index contributed by atoms with van der Waals surface area (Å²) in [6.45, 7) is 6.10. The smallest absolute Gasteiger partial charge is 0.233 e. The number of ether oxygens (including phenoxy) is 1. The molecule has 0 radical (unpaired) electrons. The van der Waals surface area contributed by atoms with Crippen molar-refractivity contribution in [2.24, 2.45) is 0 Å². The molecule has 25 heavy (non-hydrogen) atoms. The van der Waals surface area contributed by atoms with Gasteiger partial charge in [-0.05, 0) is 32.4 Å². The van der Waals surface area contributed by atoms with Gasteiger partial charge in [0, 0.05) is 17.7 Å². The Labute approximate surface area is 154 Å². The van der Waals surface area contributed by atoms with Crippen LogP contribution in [0.15, 0.2) is 54.6 Å². The molecule has 2 atom stereocenters. The van der Waals surface area contributed by atoms with Crippen molar-refractivity contribution in [1.82, 2.24) is 5.32 Å². The number of nitrogens with one attached hydrogen (secondary N) is 1. The lowest BCUT2D eigenvalue weighted by Crippen LogP contribution is -2.43. The third-order valence-corrected chi connectivity index (χ3v) is 5.62. The predicted molar refractivity (Wildman–Crippen MR) is 104 cm³/mol. The lowest BCUT2D eigenvalue weighted by Gasteiger charge is -2.38. The number of rotatable bonds is 5. The average molecular weight is 356 g/mol. The molecule has 3 rings (SSSR count). The zero-order valence-corrected chi connectivity index (χ0v) is 15.8. The molecule has 0 aromatic heterocycles. The molecular formula is C21H25NO2S. The molecule has 132 valence electrons. The van der Waals surface area contributed by atoms with Gasteiger partial charge in [0.25, 0.3) is 0 Å². The van der Waals surface area contributed by atoms with Gasteiger partial charge in [0.1, 0.15) is 11.4 Å². The summed E-state index contributed by atoms with van der Waals surface area (Å²) in [7, 11) is 0. The van der Waals surface area contributed by atoms with Crippen LogP contribution < -0.4 is 10.1 Å². The van der Waals surface area contributed by atoms with Gasteiger partial charge in [0.05, 0.1) is 11.3 Å². The number of hydrogen-bond donors (Lipinski definition) is 1.